The number of ether oxygens (including phenoxy) is 1. The van der Waals surface area contributed by atoms with E-state index in [1.165, 1.54) is 61.6 Å². The summed E-state index contributed by atoms with van der Waals surface area (Å²) in [6.45, 7) is 3.72. The highest BCUT2D eigenvalue weighted by Gasteiger charge is 2.17. The van der Waals surface area contributed by atoms with E-state index in [0.717, 1.165) is 24.0 Å². The Kier molecular flexibility index (Phi) is 8.36. The minimum atomic E-state index is 0.499. The number of thiocarbonyl (C=S) groups is 1. The summed E-state index contributed by atoms with van der Waals surface area (Å²) in [5, 5.41) is 4.56. The highest BCUT2D eigenvalue weighted by molar-refractivity contribution is 7.80. The molecule has 1 fully saturated rings. The number of nitrogens with one attached hydrogen (secondary N) is 1. The van der Waals surface area contributed by atoms with Gasteiger partial charge in [0.2, 0.25) is 0 Å². The first-order valence-electron chi connectivity index (χ1n) is 10.9. The van der Waals surface area contributed by atoms with E-state index in [2.05, 4.69) is 53.5 Å². The number of hydrogen-bond donors (Lipinski definition) is 1. The lowest BCUT2D eigenvalue weighted by Gasteiger charge is -2.30. The van der Waals surface area contributed by atoms with Crippen molar-refractivity contribution in [1.29, 1.82) is 0 Å². The van der Waals surface area contributed by atoms with E-state index >= 15 is 0 Å². The van der Waals surface area contributed by atoms with Gasteiger partial charge in [0.05, 0.1) is 7.11 Å². The molecule has 0 aliphatic heterocycles. The van der Waals surface area contributed by atoms with Crippen molar-refractivity contribution in [1.82, 2.24) is 10.2 Å². The summed E-state index contributed by atoms with van der Waals surface area (Å²) in [6.07, 6.45) is 9.14. The summed E-state index contributed by atoms with van der Waals surface area (Å²) in [5.41, 5.74) is 3.80. The predicted molar refractivity (Wildman–Crippen MR) is 125 cm³/mol. The maximum absolute atomic E-state index is 5.90. The Hall–Kier alpha value is -2.07. The first-order chi connectivity index (χ1) is 14.1. The molecule has 2 aromatic carbocycles. The molecule has 1 N–H and O–H groups in total. The van der Waals surface area contributed by atoms with E-state index in [4.69, 9.17) is 17.0 Å². The molecule has 0 spiro atoms. The molecule has 0 amide bonds. The molecule has 0 saturated heterocycles. The van der Waals surface area contributed by atoms with Crippen molar-refractivity contribution in [2.24, 2.45) is 0 Å². The molecule has 0 unspecified atom stereocenters. The number of rotatable bonds is 6. The number of hydrogen-bond acceptors (Lipinski definition) is 2. The summed E-state index contributed by atoms with van der Waals surface area (Å²) >= 11 is 5.90. The summed E-state index contributed by atoms with van der Waals surface area (Å²) in [5.74, 6) is 0.883. The van der Waals surface area contributed by atoms with Gasteiger partial charge in [0.15, 0.2) is 5.11 Å². The fourth-order valence-electron chi connectivity index (χ4n) is 3.93. The second-order valence-corrected chi connectivity index (χ2v) is 8.57. The molecule has 0 heterocycles. The second kappa shape index (κ2) is 11.2. The maximum Gasteiger partial charge on any atom is 0.169 e. The van der Waals surface area contributed by atoms with Crippen molar-refractivity contribution < 1.29 is 4.74 Å². The molecule has 4 heteroatoms. The van der Waals surface area contributed by atoms with Crippen LogP contribution in [-0.4, -0.2) is 23.2 Å². The molecule has 2 aromatic rings. The van der Waals surface area contributed by atoms with Crippen LogP contribution in [0.25, 0.3) is 0 Å². The van der Waals surface area contributed by atoms with Gasteiger partial charge in [-0.05, 0) is 55.2 Å². The normalized spacial score (nSPS) is 15.2. The first kappa shape index (κ1) is 21.6. The van der Waals surface area contributed by atoms with Crippen LogP contribution in [0.1, 0.15) is 61.6 Å². The Labute approximate surface area is 181 Å². The molecule has 1 saturated carbocycles. The summed E-state index contributed by atoms with van der Waals surface area (Å²) < 4.78 is 5.30. The van der Waals surface area contributed by atoms with Crippen LogP contribution in [0.4, 0.5) is 0 Å². The molecule has 0 aromatic heterocycles. The summed E-state index contributed by atoms with van der Waals surface area (Å²) in [4.78, 5) is 2.29. The van der Waals surface area contributed by atoms with Crippen molar-refractivity contribution in [2.45, 2.75) is 71.0 Å². The number of benzene rings is 2. The van der Waals surface area contributed by atoms with Crippen LogP contribution in [-0.2, 0) is 13.1 Å². The van der Waals surface area contributed by atoms with Crippen LogP contribution in [0.5, 0.6) is 5.75 Å². The van der Waals surface area contributed by atoms with Crippen LogP contribution >= 0.6 is 12.2 Å². The fraction of sp³-hybridized carbons (Fsp3) is 0.480. The Morgan fingerprint density at radius 3 is 1.97 bits per heavy atom. The zero-order valence-electron chi connectivity index (χ0n) is 17.8. The smallest absolute Gasteiger partial charge is 0.169 e. The maximum atomic E-state index is 5.90. The Morgan fingerprint density at radius 1 is 0.897 bits per heavy atom. The number of nitrogens with zero attached hydrogens (tertiary/aromatic N) is 1. The minimum Gasteiger partial charge on any atom is -0.497 e. The van der Waals surface area contributed by atoms with E-state index < -0.39 is 0 Å². The monoisotopic (exact) mass is 410 g/mol. The van der Waals surface area contributed by atoms with Crippen LogP contribution in [0.3, 0.4) is 0 Å². The van der Waals surface area contributed by atoms with Gasteiger partial charge in [-0.25, -0.2) is 0 Å². The SMILES string of the molecule is COc1ccc(CN(Cc2ccc(C)cc2)C(=S)NC2CCCCCCC2)cc1. The fourth-order valence-corrected chi connectivity index (χ4v) is 4.23. The van der Waals surface area contributed by atoms with Gasteiger partial charge in [0.1, 0.15) is 5.75 Å². The zero-order valence-corrected chi connectivity index (χ0v) is 18.6. The molecule has 0 bridgehead atoms. The number of aryl methyl sites for hydroxylation is 1. The number of methoxy groups -OCH3 is 1. The highest BCUT2D eigenvalue weighted by Crippen LogP contribution is 2.19. The standard InChI is InChI=1S/C25H34N2OS/c1-20-10-12-21(13-11-20)18-27(19-22-14-16-24(28-2)17-15-22)25(29)26-23-8-6-4-3-5-7-9-23/h10-17,23H,3-9,18-19H2,1-2H3,(H,26,29). The van der Waals surface area contributed by atoms with Gasteiger partial charge in [-0.1, -0.05) is 74.1 Å². The molecule has 156 valence electrons. The zero-order chi connectivity index (χ0) is 20.5. The van der Waals surface area contributed by atoms with E-state index in [-0.39, 0.29) is 0 Å². The van der Waals surface area contributed by atoms with E-state index in [1.807, 2.05) is 12.1 Å². The Bertz CT molecular complexity index is 749. The lowest BCUT2D eigenvalue weighted by molar-refractivity contribution is 0.370. The quantitative estimate of drug-likeness (QED) is 0.591. The van der Waals surface area contributed by atoms with Crippen molar-refractivity contribution in [3.05, 3.63) is 65.2 Å². The molecule has 3 rings (SSSR count). The topological polar surface area (TPSA) is 24.5 Å². The summed E-state index contributed by atoms with van der Waals surface area (Å²) in [7, 11) is 1.70. The molecular formula is C25H34N2OS. The molecule has 0 radical (unpaired) electrons. The minimum absolute atomic E-state index is 0.499. The van der Waals surface area contributed by atoms with Gasteiger partial charge in [0.25, 0.3) is 0 Å². The molecule has 29 heavy (non-hydrogen) atoms. The summed E-state index contributed by atoms with van der Waals surface area (Å²) in [6, 6.07) is 17.5. The molecular weight excluding hydrogens is 376 g/mol. The third-order valence-corrected chi connectivity index (χ3v) is 6.12. The van der Waals surface area contributed by atoms with Gasteiger partial charge in [-0.15, -0.1) is 0 Å². The average molecular weight is 411 g/mol. The lowest BCUT2D eigenvalue weighted by atomic mass is 9.97. The Balaban J connectivity index is 1.70. The van der Waals surface area contributed by atoms with Crippen molar-refractivity contribution in [2.75, 3.05) is 7.11 Å². The highest BCUT2D eigenvalue weighted by atomic mass is 32.1. The van der Waals surface area contributed by atoms with Gasteiger partial charge >= 0.3 is 0 Å². The van der Waals surface area contributed by atoms with E-state index in [0.29, 0.717) is 6.04 Å². The predicted octanol–water partition coefficient (Wildman–Crippen LogP) is 5.99. The third-order valence-electron chi connectivity index (χ3n) is 5.75. The third kappa shape index (κ3) is 7.04. The Morgan fingerprint density at radius 2 is 1.41 bits per heavy atom. The first-order valence-corrected chi connectivity index (χ1v) is 11.3. The molecule has 3 nitrogen and oxygen atoms in total. The lowest BCUT2D eigenvalue weighted by Crippen LogP contribution is -2.44. The largest absolute Gasteiger partial charge is 0.497 e. The van der Waals surface area contributed by atoms with Crippen LogP contribution in [0.2, 0.25) is 0 Å². The van der Waals surface area contributed by atoms with Crippen LogP contribution in [0, 0.1) is 6.92 Å². The molecule has 1 aliphatic rings. The second-order valence-electron chi connectivity index (χ2n) is 8.18. The van der Waals surface area contributed by atoms with Gasteiger partial charge < -0.3 is 15.0 Å². The molecule has 0 atom stereocenters. The van der Waals surface area contributed by atoms with Crippen molar-refractivity contribution in [3.8, 4) is 5.75 Å². The van der Waals surface area contributed by atoms with Gasteiger partial charge in [-0.2, -0.15) is 0 Å². The van der Waals surface area contributed by atoms with Gasteiger partial charge in [0, 0.05) is 19.1 Å². The van der Waals surface area contributed by atoms with Crippen molar-refractivity contribution in [3.63, 3.8) is 0 Å². The molecule has 1 aliphatic carbocycles. The van der Waals surface area contributed by atoms with E-state index in [9.17, 15) is 0 Å². The van der Waals surface area contributed by atoms with Crippen LogP contribution < -0.4 is 10.1 Å². The van der Waals surface area contributed by atoms with Gasteiger partial charge in [-0.3, -0.25) is 0 Å². The average Bonchev–Trinajstić information content (AvgIpc) is 2.71. The van der Waals surface area contributed by atoms with E-state index in [1.54, 1.807) is 7.11 Å². The van der Waals surface area contributed by atoms with Crippen LogP contribution in [0.15, 0.2) is 48.5 Å². The van der Waals surface area contributed by atoms with Crippen molar-refractivity contribution >= 4 is 17.3 Å².